The molecule has 2 aliphatic heterocycles. The number of furan rings is 1. The Morgan fingerprint density at radius 2 is 1.73 bits per heavy atom. The number of piperidine rings is 1. The number of hydrogen-bond donors (Lipinski definition) is 1. The zero-order valence-electron chi connectivity index (χ0n) is 21.9. The molecule has 1 fully saturated rings. The Kier molecular flexibility index (Phi) is 8.31. The molecule has 8 nitrogen and oxygen atoms in total. The standard InChI is InChI=1S/C27H32F3N3O5S2/c28-27(29,30)40(36,37)33-17-12-24-21(18-33)4-3-7-26(24)39(34,35)31-13-8-20-9-14-32(15-10-20)16-11-22-19-38-25-6-2-1-5-23(22)25/h1-7,19-20,31H,8-18H2. The van der Waals surface area contributed by atoms with Gasteiger partial charge in [0.2, 0.25) is 10.0 Å². The van der Waals surface area contributed by atoms with E-state index in [2.05, 4.69) is 15.7 Å². The maximum absolute atomic E-state index is 13.1. The Morgan fingerprint density at radius 3 is 2.48 bits per heavy atom. The van der Waals surface area contributed by atoms with Gasteiger partial charge in [0.05, 0.1) is 11.2 Å². The summed E-state index contributed by atoms with van der Waals surface area (Å²) >= 11 is 0. The van der Waals surface area contributed by atoms with Crippen LogP contribution in [0.2, 0.25) is 0 Å². The molecule has 0 amide bonds. The summed E-state index contributed by atoms with van der Waals surface area (Å²) in [5.41, 5.74) is -2.68. The molecule has 1 N–H and O–H groups in total. The van der Waals surface area contributed by atoms with Crippen molar-refractivity contribution in [1.29, 1.82) is 0 Å². The summed E-state index contributed by atoms with van der Waals surface area (Å²) < 4.78 is 97.4. The fourth-order valence-corrected chi connectivity index (χ4v) is 7.92. The van der Waals surface area contributed by atoms with Crippen molar-refractivity contribution in [3.05, 3.63) is 65.4 Å². The average molecular weight is 600 g/mol. The van der Waals surface area contributed by atoms with Crippen molar-refractivity contribution in [1.82, 2.24) is 13.9 Å². The van der Waals surface area contributed by atoms with Crippen LogP contribution < -0.4 is 4.72 Å². The van der Waals surface area contributed by atoms with Gasteiger partial charge in [-0.05, 0) is 79.9 Å². The van der Waals surface area contributed by atoms with Gasteiger partial charge in [-0.15, -0.1) is 0 Å². The first-order valence-electron chi connectivity index (χ1n) is 13.3. The van der Waals surface area contributed by atoms with Crippen LogP contribution in [0.15, 0.2) is 58.0 Å². The van der Waals surface area contributed by atoms with E-state index in [1.165, 1.54) is 23.8 Å². The number of hydrogen-bond acceptors (Lipinski definition) is 6. The number of nitrogens with zero attached hydrogens (tertiary/aromatic N) is 2. The number of rotatable bonds is 9. The second-order valence-electron chi connectivity index (χ2n) is 10.4. The number of alkyl halides is 3. The molecule has 0 spiro atoms. The first-order valence-corrected chi connectivity index (χ1v) is 16.2. The van der Waals surface area contributed by atoms with Gasteiger partial charge in [0.1, 0.15) is 5.58 Å². The number of fused-ring (bicyclic) bond motifs is 2. The molecule has 13 heteroatoms. The van der Waals surface area contributed by atoms with Gasteiger partial charge >= 0.3 is 15.5 Å². The van der Waals surface area contributed by atoms with E-state index in [1.54, 1.807) is 0 Å². The molecule has 0 radical (unpaired) electrons. The molecule has 40 heavy (non-hydrogen) atoms. The third kappa shape index (κ3) is 6.08. The Morgan fingerprint density at radius 1 is 0.975 bits per heavy atom. The Labute approximate surface area is 232 Å². The summed E-state index contributed by atoms with van der Waals surface area (Å²) in [6.45, 7) is 2.12. The van der Waals surface area contributed by atoms with Gasteiger partial charge in [-0.3, -0.25) is 0 Å². The third-order valence-electron chi connectivity index (χ3n) is 7.92. The summed E-state index contributed by atoms with van der Waals surface area (Å²) in [5.74, 6) is 0.388. The summed E-state index contributed by atoms with van der Waals surface area (Å²) in [4.78, 5) is 2.41. The van der Waals surface area contributed by atoms with Crippen LogP contribution in [0.3, 0.4) is 0 Å². The predicted molar refractivity (Wildman–Crippen MR) is 144 cm³/mol. The van der Waals surface area contributed by atoms with E-state index in [1.807, 2.05) is 24.5 Å². The van der Waals surface area contributed by atoms with Crippen molar-refractivity contribution in [2.75, 3.05) is 32.7 Å². The molecule has 0 unspecified atom stereocenters. The lowest BCUT2D eigenvalue weighted by atomic mass is 9.93. The van der Waals surface area contributed by atoms with Gasteiger partial charge in [0, 0.05) is 31.6 Å². The van der Waals surface area contributed by atoms with Crippen molar-refractivity contribution in [2.24, 2.45) is 5.92 Å². The monoisotopic (exact) mass is 599 g/mol. The smallest absolute Gasteiger partial charge is 0.464 e. The molecule has 0 bridgehead atoms. The largest absolute Gasteiger partial charge is 0.511 e. The van der Waals surface area contributed by atoms with Crippen molar-refractivity contribution in [3.63, 3.8) is 0 Å². The summed E-state index contributed by atoms with van der Waals surface area (Å²) in [6.07, 6.45) is 5.24. The van der Waals surface area contributed by atoms with Crippen LogP contribution in [0.5, 0.6) is 0 Å². The fourth-order valence-electron chi connectivity index (χ4n) is 5.63. The van der Waals surface area contributed by atoms with Crippen LogP contribution in [-0.4, -0.2) is 64.3 Å². The second kappa shape index (κ2) is 11.4. The third-order valence-corrected chi connectivity index (χ3v) is 11.0. The molecule has 2 aliphatic rings. The van der Waals surface area contributed by atoms with E-state index in [9.17, 15) is 30.0 Å². The van der Waals surface area contributed by atoms with Gasteiger partial charge < -0.3 is 9.32 Å². The van der Waals surface area contributed by atoms with Crippen molar-refractivity contribution >= 4 is 31.0 Å². The SMILES string of the molecule is O=S(=O)(NCCC1CCN(CCc2coc3ccccc23)CC1)c1cccc2c1CCN(S(=O)(=O)C(F)(F)F)C2. The number of sulfonamides is 2. The van der Waals surface area contributed by atoms with Crippen LogP contribution in [0, 0.1) is 5.92 Å². The molecule has 0 aliphatic carbocycles. The first kappa shape index (κ1) is 29.1. The minimum absolute atomic E-state index is 0.00403. The van der Waals surface area contributed by atoms with Crippen LogP contribution >= 0.6 is 0 Å². The summed E-state index contributed by atoms with van der Waals surface area (Å²) in [6, 6.07) is 12.3. The van der Waals surface area contributed by atoms with Crippen LogP contribution in [-0.2, 0) is 39.4 Å². The lowest BCUT2D eigenvalue weighted by molar-refractivity contribution is -0.0492. The molecule has 0 atom stereocenters. The number of likely N-dealkylation sites (tertiary alicyclic amines) is 1. The van der Waals surface area contributed by atoms with E-state index in [0.717, 1.165) is 49.9 Å². The van der Waals surface area contributed by atoms with E-state index in [4.69, 9.17) is 4.42 Å². The van der Waals surface area contributed by atoms with Gasteiger partial charge in [-0.2, -0.15) is 17.5 Å². The van der Waals surface area contributed by atoms with Gasteiger partial charge in [0.25, 0.3) is 0 Å². The van der Waals surface area contributed by atoms with Gasteiger partial charge in [-0.1, -0.05) is 30.3 Å². The molecular weight excluding hydrogens is 567 g/mol. The zero-order valence-corrected chi connectivity index (χ0v) is 23.5. The molecular formula is C27H32F3N3O5S2. The molecule has 3 heterocycles. The maximum Gasteiger partial charge on any atom is 0.511 e. The highest BCUT2D eigenvalue weighted by atomic mass is 32.2. The van der Waals surface area contributed by atoms with Gasteiger partial charge in [0.15, 0.2) is 0 Å². The fraction of sp³-hybridized carbons (Fsp3) is 0.481. The molecule has 2 aromatic carbocycles. The van der Waals surface area contributed by atoms with Crippen LogP contribution in [0.25, 0.3) is 11.0 Å². The number of para-hydroxylation sites is 1. The van der Waals surface area contributed by atoms with Gasteiger partial charge in [-0.25, -0.2) is 21.6 Å². The minimum Gasteiger partial charge on any atom is -0.464 e. The minimum atomic E-state index is -5.48. The summed E-state index contributed by atoms with van der Waals surface area (Å²) in [7, 11) is -9.39. The van der Waals surface area contributed by atoms with Crippen LogP contribution in [0.4, 0.5) is 13.2 Å². The Hall–Kier alpha value is -2.45. The number of nitrogens with one attached hydrogen (secondary N) is 1. The van der Waals surface area contributed by atoms with Crippen molar-refractivity contribution in [2.45, 2.75) is 49.1 Å². The summed E-state index contributed by atoms with van der Waals surface area (Å²) in [5, 5.41) is 1.15. The molecule has 5 rings (SSSR count). The van der Waals surface area contributed by atoms with Crippen LogP contribution in [0.1, 0.15) is 36.0 Å². The van der Waals surface area contributed by atoms with E-state index in [-0.39, 0.29) is 23.4 Å². The first-order chi connectivity index (χ1) is 19.0. The average Bonchev–Trinajstić information content (AvgIpc) is 3.34. The molecule has 218 valence electrons. The number of benzene rings is 2. The molecule has 3 aromatic rings. The lowest BCUT2D eigenvalue weighted by Gasteiger charge is -2.32. The highest BCUT2D eigenvalue weighted by Gasteiger charge is 2.50. The van der Waals surface area contributed by atoms with E-state index >= 15 is 0 Å². The van der Waals surface area contributed by atoms with E-state index in [0.29, 0.717) is 22.2 Å². The Balaban J connectivity index is 1.11. The lowest BCUT2D eigenvalue weighted by Crippen LogP contribution is -2.43. The maximum atomic E-state index is 13.1. The normalized spacial score (nSPS) is 18.3. The topological polar surface area (TPSA) is 99.9 Å². The number of halogens is 3. The Bertz CT molecular complexity index is 1560. The molecule has 0 saturated carbocycles. The highest BCUT2D eigenvalue weighted by Crippen LogP contribution is 2.33. The molecule has 1 aromatic heterocycles. The zero-order chi connectivity index (χ0) is 28.5. The van der Waals surface area contributed by atoms with Crippen molar-refractivity contribution < 1.29 is 34.4 Å². The second-order valence-corrected chi connectivity index (χ2v) is 14.1. The predicted octanol–water partition coefficient (Wildman–Crippen LogP) is 4.26. The quantitative estimate of drug-likeness (QED) is 0.395. The van der Waals surface area contributed by atoms with E-state index < -0.39 is 38.6 Å². The highest BCUT2D eigenvalue weighted by molar-refractivity contribution is 7.90. The molecule has 1 saturated heterocycles. The van der Waals surface area contributed by atoms with Crippen molar-refractivity contribution in [3.8, 4) is 0 Å².